The van der Waals surface area contributed by atoms with Crippen LogP contribution >= 0.6 is 0 Å². The molecule has 0 aromatic rings. The third-order valence-electron chi connectivity index (χ3n) is 5.96. The van der Waals surface area contributed by atoms with Gasteiger partial charge in [0.15, 0.2) is 0 Å². The van der Waals surface area contributed by atoms with Gasteiger partial charge in [-0.25, -0.2) is 0 Å². The second-order valence-electron chi connectivity index (χ2n) is 7.26. The molecule has 3 fully saturated rings. The van der Waals surface area contributed by atoms with Gasteiger partial charge >= 0.3 is 0 Å². The van der Waals surface area contributed by atoms with E-state index in [9.17, 15) is 4.79 Å². The van der Waals surface area contributed by atoms with Crippen LogP contribution in [0.5, 0.6) is 0 Å². The molecule has 3 nitrogen and oxygen atoms in total. The molecule has 1 saturated heterocycles. The molecule has 2 saturated carbocycles. The Kier molecular flexibility index (Phi) is 4.34. The van der Waals surface area contributed by atoms with Crippen molar-refractivity contribution in [2.24, 2.45) is 11.8 Å². The standard InChI is InChI=1S/C17H30N2O/c1-12-17(20)19(13(2)14-8-4-3-5-9-14)16(18-12)15-10-6-7-11-15/h12-16,18H,3-11H2,1-2H3. The van der Waals surface area contributed by atoms with Gasteiger partial charge in [-0.1, -0.05) is 32.1 Å². The Bertz CT molecular complexity index is 345. The van der Waals surface area contributed by atoms with E-state index in [2.05, 4.69) is 17.1 Å². The summed E-state index contributed by atoms with van der Waals surface area (Å²) in [7, 11) is 0. The summed E-state index contributed by atoms with van der Waals surface area (Å²) in [6, 6.07) is 0.442. The Morgan fingerprint density at radius 2 is 1.65 bits per heavy atom. The van der Waals surface area contributed by atoms with Crippen LogP contribution in [0.1, 0.15) is 71.6 Å². The van der Waals surface area contributed by atoms with Gasteiger partial charge in [0.1, 0.15) is 0 Å². The van der Waals surface area contributed by atoms with E-state index in [4.69, 9.17) is 0 Å². The first-order chi connectivity index (χ1) is 9.68. The van der Waals surface area contributed by atoms with Gasteiger partial charge in [-0.05, 0) is 51.4 Å². The van der Waals surface area contributed by atoms with Gasteiger partial charge in [0.25, 0.3) is 0 Å². The van der Waals surface area contributed by atoms with Crippen molar-refractivity contribution in [2.75, 3.05) is 0 Å². The number of nitrogens with zero attached hydrogens (tertiary/aromatic N) is 1. The summed E-state index contributed by atoms with van der Waals surface area (Å²) in [6.07, 6.45) is 12.3. The molecule has 114 valence electrons. The molecule has 1 amide bonds. The number of hydrogen-bond donors (Lipinski definition) is 1. The molecule has 0 spiro atoms. The number of hydrogen-bond acceptors (Lipinski definition) is 2. The lowest BCUT2D eigenvalue weighted by Gasteiger charge is -2.39. The average Bonchev–Trinajstić information content (AvgIpc) is 3.09. The number of carbonyl (C=O) groups is 1. The van der Waals surface area contributed by atoms with Gasteiger partial charge in [0.2, 0.25) is 5.91 Å². The molecular formula is C17H30N2O. The van der Waals surface area contributed by atoms with Crippen LogP contribution in [-0.4, -0.2) is 29.1 Å². The van der Waals surface area contributed by atoms with Crippen molar-refractivity contribution >= 4 is 5.91 Å². The lowest BCUT2D eigenvalue weighted by atomic mass is 9.83. The predicted molar refractivity (Wildman–Crippen MR) is 81.2 cm³/mol. The highest BCUT2D eigenvalue weighted by Gasteiger charge is 2.44. The minimum atomic E-state index is 0.0200. The molecule has 3 rings (SSSR count). The Hall–Kier alpha value is -0.570. The molecule has 3 heteroatoms. The Morgan fingerprint density at radius 1 is 1.05 bits per heavy atom. The van der Waals surface area contributed by atoms with E-state index in [1.807, 2.05) is 6.92 Å². The van der Waals surface area contributed by atoms with Crippen LogP contribution in [0.3, 0.4) is 0 Å². The topological polar surface area (TPSA) is 32.3 Å². The molecule has 0 aromatic carbocycles. The molecule has 1 N–H and O–H groups in total. The van der Waals surface area contributed by atoms with Gasteiger partial charge in [0, 0.05) is 6.04 Å². The van der Waals surface area contributed by atoms with Crippen LogP contribution in [0.4, 0.5) is 0 Å². The number of rotatable bonds is 3. The summed E-state index contributed by atoms with van der Waals surface area (Å²) in [5.41, 5.74) is 0. The second-order valence-corrected chi connectivity index (χ2v) is 7.26. The molecule has 2 aliphatic carbocycles. The summed E-state index contributed by atoms with van der Waals surface area (Å²) >= 11 is 0. The van der Waals surface area contributed by atoms with Crippen molar-refractivity contribution in [3.63, 3.8) is 0 Å². The van der Waals surface area contributed by atoms with Crippen molar-refractivity contribution < 1.29 is 4.79 Å². The fourth-order valence-electron chi connectivity index (χ4n) is 4.70. The summed E-state index contributed by atoms with van der Waals surface area (Å²) in [5.74, 6) is 1.76. The molecule has 3 unspecified atom stereocenters. The van der Waals surface area contributed by atoms with Gasteiger partial charge in [-0.3, -0.25) is 10.1 Å². The summed E-state index contributed by atoms with van der Waals surface area (Å²) in [4.78, 5) is 14.9. The first-order valence-corrected chi connectivity index (χ1v) is 8.76. The van der Waals surface area contributed by atoms with Crippen molar-refractivity contribution in [3.8, 4) is 0 Å². The minimum absolute atomic E-state index is 0.0200. The summed E-state index contributed by atoms with van der Waals surface area (Å²) in [5, 5.41) is 3.59. The van der Waals surface area contributed by atoms with Crippen LogP contribution in [-0.2, 0) is 4.79 Å². The lowest BCUT2D eigenvalue weighted by Crippen LogP contribution is -2.49. The fourth-order valence-corrected chi connectivity index (χ4v) is 4.70. The van der Waals surface area contributed by atoms with Crippen LogP contribution in [0.2, 0.25) is 0 Å². The maximum Gasteiger partial charge on any atom is 0.240 e. The van der Waals surface area contributed by atoms with Crippen molar-refractivity contribution in [1.82, 2.24) is 10.2 Å². The van der Waals surface area contributed by atoms with Crippen molar-refractivity contribution in [1.29, 1.82) is 0 Å². The highest BCUT2D eigenvalue weighted by atomic mass is 16.2. The number of amides is 1. The smallest absolute Gasteiger partial charge is 0.240 e. The molecule has 0 aromatic heterocycles. The van der Waals surface area contributed by atoms with E-state index < -0.39 is 0 Å². The van der Waals surface area contributed by atoms with Crippen molar-refractivity contribution in [3.05, 3.63) is 0 Å². The predicted octanol–water partition coefficient (Wildman–Crippen LogP) is 3.29. The Balaban J connectivity index is 1.74. The Labute approximate surface area is 123 Å². The molecule has 3 aliphatic rings. The van der Waals surface area contributed by atoms with E-state index in [-0.39, 0.29) is 6.04 Å². The van der Waals surface area contributed by atoms with Crippen LogP contribution in [0.15, 0.2) is 0 Å². The highest BCUT2D eigenvalue weighted by molar-refractivity contribution is 5.84. The zero-order chi connectivity index (χ0) is 14.1. The number of nitrogens with one attached hydrogen (secondary N) is 1. The summed E-state index contributed by atoms with van der Waals surface area (Å²) in [6.45, 7) is 4.34. The number of carbonyl (C=O) groups excluding carboxylic acids is 1. The summed E-state index contributed by atoms with van der Waals surface area (Å²) < 4.78 is 0. The molecule has 1 heterocycles. The van der Waals surface area contributed by atoms with E-state index in [0.29, 0.717) is 24.0 Å². The molecule has 3 atom stereocenters. The first kappa shape index (κ1) is 14.4. The van der Waals surface area contributed by atoms with E-state index in [1.165, 1.54) is 57.8 Å². The van der Waals surface area contributed by atoms with Crippen molar-refractivity contribution in [2.45, 2.75) is 89.9 Å². The van der Waals surface area contributed by atoms with Gasteiger partial charge < -0.3 is 4.90 Å². The molecule has 1 aliphatic heterocycles. The van der Waals surface area contributed by atoms with Gasteiger partial charge in [0.05, 0.1) is 12.2 Å². The third kappa shape index (κ3) is 2.61. The molecule has 0 bridgehead atoms. The lowest BCUT2D eigenvalue weighted by molar-refractivity contribution is -0.133. The maximum atomic E-state index is 12.6. The van der Waals surface area contributed by atoms with E-state index in [0.717, 1.165) is 5.92 Å². The second kappa shape index (κ2) is 6.05. The third-order valence-corrected chi connectivity index (χ3v) is 5.96. The Morgan fingerprint density at radius 3 is 2.30 bits per heavy atom. The quantitative estimate of drug-likeness (QED) is 0.859. The monoisotopic (exact) mass is 278 g/mol. The molecule has 0 radical (unpaired) electrons. The fraction of sp³-hybridized carbons (Fsp3) is 0.941. The SMILES string of the molecule is CC1NC(C2CCCC2)N(C(C)C2CCCCC2)C1=O. The normalized spacial score (nSPS) is 34.9. The van der Waals surface area contributed by atoms with E-state index >= 15 is 0 Å². The van der Waals surface area contributed by atoms with Crippen LogP contribution in [0.25, 0.3) is 0 Å². The van der Waals surface area contributed by atoms with E-state index in [1.54, 1.807) is 0 Å². The minimum Gasteiger partial charge on any atom is -0.323 e. The van der Waals surface area contributed by atoms with Gasteiger partial charge in [-0.2, -0.15) is 0 Å². The molecule has 20 heavy (non-hydrogen) atoms. The van der Waals surface area contributed by atoms with Gasteiger partial charge in [-0.15, -0.1) is 0 Å². The zero-order valence-electron chi connectivity index (χ0n) is 13.1. The average molecular weight is 278 g/mol. The van der Waals surface area contributed by atoms with Crippen LogP contribution < -0.4 is 5.32 Å². The van der Waals surface area contributed by atoms with Crippen LogP contribution in [0, 0.1) is 11.8 Å². The first-order valence-electron chi connectivity index (χ1n) is 8.76. The molecular weight excluding hydrogens is 248 g/mol. The maximum absolute atomic E-state index is 12.6. The zero-order valence-corrected chi connectivity index (χ0v) is 13.1. The largest absolute Gasteiger partial charge is 0.323 e. The highest BCUT2D eigenvalue weighted by Crippen LogP contribution is 2.36.